The number of nitrogens with two attached hydrogens (primary N) is 1. The largest absolute Gasteiger partial charge is 0.327 e. The number of carbonyl (C=O) groups is 1. The van der Waals surface area contributed by atoms with Crippen molar-refractivity contribution in [1.82, 2.24) is 9.97 Å². The molecule has 1 unspecified atom stereocenters. The first kappa shape index (κ1) is 14.5. The third kappa shape index (κ3) is 4.69. The van der Waals surface area contributed by atoms with E-state index in [0.29, 0.717) is 15.0 Å². The van der Waals surface area contributed by atoms with Crippen molar-refractivity contribution in [1.29, 1.82) is 0 Å². The molecule has 0 aliphatic rings. The molecule has 94 valence electrons. The fourth-order valence-electron chi connectivity index (χ4n) is 1.06. The average molecular weight is 366 g/mol. The van der Waals surface area contributed by atoms with Crippen molar-refractivity contribution in [2.75, 3.05) is 5.32 Å². The summed E-state index contributed by atoms with van der Waals surface area (Å²) in [7, 11) is 0. The molecule has 0 spiro atoms. The van der Waals surface area contributed by atoms with Gasteiger partial charge in [0.05, 0.1) is 6.20 Å². The van der Waals surface area contributed by atoms with E-state index in [1.807, 2.05) is 13.8 Å². The van der Waals surface area contributed by atoms with E-state index in [9.17, 15) is 4.79 Å². The van der Waals surface area contributed by atoms with E-state index in [1.165, 1.54) is 6.20 Å². The Bertz CT molecular complexity index is 411. The highest BCUT2D eigenvalue weighted by Crippen LogP contribution is 2.19. The molecule has 1 atom stereocenters. The second kappa shape index (κ2) is 6.42. The van der Waals surface area contributed by atoms with Crippen molar-refractivity contribution in [2.45, 2.75) is 26.3 Å². The topological polar surface area (TPSA) is 80.9 Å². The first-order chi connectivity index (χ1) is 7.90. The molecule has 1 aromatic rings. The van der Waals surface area contributed by atoms with Crippen LogP contribution in [0.3, 0.4) is 0 Å². The molecule has 0 saturated heterocycles. The van der Waals surface area contributed by atoms with E-state index in [1.54, 1.807) is 0 Å². The van der Waals surface area contributed by atoms with Crippen LogP contribution >= 0.6 is 31.9 Å². The predicted molar refractivity (Wildman–Crippen MR) is 73.5 cm³/mol. The maximum absolute atomic E-state index is 11.7. The van der Waals surface area contributed by atoms with Gasteiger partial charge >= 0.3 is 0 Å². The van der Waals surface area contributed by atoms with Gasteiger partial charge in [0.25, 0.3) is 0 Å². The molecular formula is C10H14Br2N4O. The number of hydrogen-bond donors (Lipinski definition) is 2. The first-order valence-electron chi connectivity index (χ1n) is 5.13. The first-order valence-corrected chi connectivity index (χ1v) is 6.72. The zero-order valence-electron chi connectivity index (χ0n) is 9.58. The van der Waals surface area contributed by atoms with Crippen molar-refractivity contribution >= 4 is 43.6 Å². The standard InChI is InChI=1S/C10H14Br2N4O/c1-5(2)6(13)3-8(17)16-10-9(12)15-7(11)4-14-10/h4-6H,3,13H2,1-2H3,(H,14,16,17). The van der Waals surface area contributed by atoms with Crippen LogP contribution in [0.2, 0.25) is 0 Å². The van der Waals surface area contributed by atoms with Crippen LogP contribution in [0.15, 0.2) is 15.4 Å². The third-order valence-electron chi connectivity index (χ3n) is 2.24. The van der Waals surface area contributed by atoms with Gasteiger partial charge in [0, 0.05) is 12.5 Å². The van der Waals surface area contributed by atoms with Crippen LogP contribution < -0.4 is 11.1 Å². The van der Waals surface area contributed by atoms with Gasteiger partial charge in [0.15, 0.2) is 5.82 Å². The summed E-state index contributed by atoms with van der Waals surface area (Å²) in [6, 6.07) is -0.155. The van der Waals surface area contributed by atoms with E-state index in [-0.39, 0.29) is 24.3 Å². The van der Waals surface area contributed by atoms with Crippen molar-refractivity contribution in [3.8, 4) is 0 Å². The maximum atomic E-state index is 11.7. The number of halogens is 2. The number of amides is 1. The highest BCUT2D eigenvalue weighted by atomic mass is 79.9. The fraction of sp³-hybridized carbons (Fsp3) is 0.500. The summed E-state index contributed by atoms with van der Waals surface area (Å²) in [6.45, 7) is 3.96. The van der Waals surface area contributed by atoms with E-state index >= 15 is 0 Å². The third-order valence-corrected chi connectivity index (χ3v) is 3.17. The van der Waals surface area contributed by atoms with Gasteiger partial charge in [0.2, 0.25) is 5.91 Å². The number of anilines is 1. The Hall–Kier alpha value is -0.530. The minimum Gasteiger partial charge on any atom is -0.327 e. The molecule has 1 rings (SSSR count). The smallest absolute Gasteiger partial charge is 0.227 e. The van der Waals surface area contributed by atoms with Crippen LogP contribution in [0.1, 0.15) is 20.3 Å². The summed E-state index contributed by atoms with van der Waals surface area (Å²) >= 11 is 6.41. The normalized spacial score (nSPS) is 12.6. The summed E-state index contributed by atoms with van der Waals surface area (Å²) in [4.78, 5) is 19.8. The summed E-state index contributed by atoms with van der Waals surface area (Å²) in [5.74, 6) is 0.498. The highest BCUT2D eigenvalue weighted by molar-refractivity contribution is 9.11. The van der Waals surface area contributed by atoms with Gasteiger partial charge in [-0.1, -0.05) is 13.8 Å². The van der Waals surface area contributed by atoms with Crippen LogP contribution in [0, 0.1) is 5.92 Å². The summed E-state index contributed by atoms with van der Waals surface area (Å²) in [5.41, 5.74) is 5.82. The lowest BCUT2D eigenvalue weighted by atomic mass is 10.0. The molecule has 0 aromatic carbocycles. The van der Waals surface area contributed by atoms with Crippen LogP contribution in [0.25, 0.3) is 0 Å². The Morgan fingerprint density at radius 1 is 1.53 bits per heavy atom. The fourth-order valence-corrected chi connectivity index (χ4v) is 1.97. The zero-order chi connectivity index (χ0) is 13.0. The number of carbonyl (C=O) groups excluding carboxylic acids is 1. The highest BCUT2D eigenvalue weighted by Gasteiger charge is 2.14. The lowest BCUT2D eigenvalue weighted by Crippen LogP contribution is -2.31. The molecule has 0 saturated carbocycles. The molecule has 17 heavy (non-hydrogen) atoms. The molecule has 3 N–H and O–H groups in total. The summed E-state index contributed by atoms with van der Waals surface area (Å²) < 4.78 is 1.08. The molecule has 5 nitrogen and oxygen atoms in total. The van der Waals surface area contributed by atoms with Gasteiger partial charge in [-0.2, -0.15) is 0 Å². The molecule has 0 bridgehead atoms. The molecular weight excluding hydrogens is 352 g/mol. The molecule has 0 aliphatic heterocycles. The summed E-state index contributed by atoms with van der Waals surface area (Å²) in [5, 5.41) is 2.66. The van der Waals surface area contributed by atoms with E-state index in [4.69, 9.17) is 5.73 Å². The molecule has 0 fully saturated rings. The van der Waals surface area contributed by atoms with Crippen LogP contribution in [0.4, 0.5) is 5.82 Å². The molecule has 0 aliphatic carbocycles. The number of hydrogen-bond acceptors (Lipinski definition) is 4. The quantitative estimate of drug-likeness (QED) is 0.857. The van der Waals surface area contributed by atoms with Crippen LogP contribution in [-0.4, -0.2) is 21.9 Å². The van der Waals surface area contributed by atoms with Crippen LogP contribution in [0.5, 0.6) is 0 Å². The van der Waals surface area contributed by atoms with Gasteiger partial charge in [0.1, 0.15) is 9.21 Å². The van der Waals surface area contributed by atoms with Gasteiger partial charge in [-0.05, 0) is 37.8 Å². The number of rotatable bonds is 4. The van der Waals surface area contributed by atoms with E-state index in [0.717, 1.165) is 0 Å². The second-order valence-corrected chi connectivity index (χ2v) is 5.56. The SMILES string of the molecule is CC(C)C(N)CC(=O)Nc1ncc(Br)nc1Br. The van der Waals surface area contributed by atoms with E-state index < -0.39 is 0 Å². The minimum atomic E-state index is -0.163. The molecule has 1 heterocycles. The van der Waals surface area contributed by atoms with Gasteiger partial charge in [-0.25, -0.2) is 9.97 Å². The van der Waals surface area contributed by atoms with Gasteiger partial charge in [-0.15, -0.1) is 0 Å². The van der Waals surface area contributed by atoms with E-state index in [2.05, 4.69) is 47.1 Å². The number of aromatic nitrogens is 2. The minimum absolute atomic E-state index is 0.155. The monoisotopic (exact) mass is 364 g/mol. The molecule has 7 heteroatoms. The Morgan fingerprint density at radius 2 is 2.18 bits per heavy atom. The van der Waals surface area contributed by atoms with Crippen molar-refractivity contribution in [3.05, 3.63) is 15.4 Å². The number of nitrogens with zero attached hydrogens (tertiary/aromatic N) is 2. The Morgan fingerprint density at radius 3 is 2.71 bits per heavy atom. The number of nitrogens with one attached hydrogen (secondary N) is 1. The molecule has 1 aromatic heterocycles. The molecule has 1 amide bonds. The summed E-state index contributed by atoms with van der Waals surface area (Å²) in [6.07, 6.45) is 1.78. The van der Waals surface area contributed by atoms with Crippen molar-refractivity contribution in [3.63, 3.8) is 0 Å². The lowest BCUT2D eigenvalue weighted by molar-refractivity contribution is -0.116. The zero-order valence-corrected chi connectivity index (χ0v) is 12.7. The Balaban J connectivity index is 2.62. The molecule has 0 radical (unpaired) electrons. The van der Waals surface area contributed by atoms with Gasteiger partial charge in [-0.3, -0.25) is 4.79 Å². The maximum Gasteiger partial charge on any atom is 0.227 e. The van der Waals surface area contributed by atoms with Gasteiger partial charge < -0.3 is 11.1 Å². The Kier molecular flexibility index (Phi) is 5.48. The lowest BCUT2D eigenvalue weighted by Gasteiger charge is -2.14. The Labute approximate surface area is 117 Å². The second-order valence-electron chi connectivity index (χ2n) is 3.99. The van der Waals surface area contributed by atoms with Crippen molar-refractivity contribution in [2.24, 2.45) is 11.7 Å². The van der Waals surface area contributed by atoms with Crippen LogP contribution in [-0.2, 0) is 4.79 Å². The predicted octanol–water partition coefficient (Wildman–Crippen LogP) is 2.31. The average Bonchev–Trinajstić information content (AvgIpc) is 2.22. The van der Waals surface area contributed by atoms with Crippen molar-refractivity contribution < 1.29 is 4.79 Å².